The van der Waals surface area contributed by atoms with Gasteiger partial charge in [0.2, 0.25) is 0 Å². The molecular formula is C23H31NO5S3. The number of nitrogens with one attached hydrogen (secondary N) is 1. The molecule has 1 aliphatic rings. The highest BCUT2D eigenvalue weighted by atomic mass is 32.2. The molecule has 1 heterocycles. The minimum atomic E-state index is -3.63. The van der Waals surface area contributed by atoms with Crippen LogP contribution in [0.5, 0.6) is 0 Å². The third-order valence-corrected chi connectivity index (χ3v) is 11.4. The van der Waals surface area contributed by atoms with Crippen molar-refractivity contribution in [2.45, 2.75) is 74.0 Å². The van der Waals surface area contributed by atoms with Gasteiger partial charge in [0, 0.05) is 6.04 Å². The number of benzene rings is 1. The summed E-state index contributed by atoms with van der Waals surface area (Å²) in [5.74, 6) is -0.221. The zero-order valence-electron chi connectivity index (χ0n) is 18.9. The van der Waals surface area contributed by atoms with E-state index in [4.69, 9.17) is 0 Å². The Morgan fingerprint density at radius 2 is 1.72 bits per heavy atom. The standard InChI is InChI=1S/C23H31NO5S3/c1-16-6-5-7-19(14-16)31(26,27)15-17-8-10-18(11-9-17)24-22(25)21-20(12-13-30-21)32(28,29)23(2,3)4/h5-7,12-14,17-18H,8-11,15H2,1-4H3,(H,24,25)/t17-,18-. The lowest BCUT2D eigenvalue weighted by Crippen LogP contribution is -2.39. The summed E-state index contributed by atoms with van der Waals surface area (Å²) >= 11 is 1.13. The van der Waals surface area contributed by atoms with Gasteiger partial charge in [0.1, 0.15) is 4.88 Å². The lowest BCUT2D eigenvalue weighted by molar-refractivity contribution is 0.0924. The lowest BCUT2D eigenvalue weighted by Gasteiger charge is -2.29. The van der Waals surface area contributed by atoms with Crippen LogP contribution in [-0.2, 0) is 19.7 Å². The van der Waals surface area contributed by atoms with Crippen LogP contribution >= 0.6 is 11.3 Å². The first-order valence-electron chi connectivity index (χ1n) is 10.7. The SMILES string of the molecule is Cc1cccc(S(=O)(=O)C[C@H]2CC[C@H](NC(=O)c3sccc3S(=O)(=O)C(C)(C)C)CC2)c1. The van der Waals surface area contributed by atoms with Gasteiger partial charge >= 0.3 is 0 Å². The average Bonchev–Trinajstić information content (AvgIpc) is 3.19. The van der Waals surface area contributed by atoms with E-state index in [0.717, 1.165) is 16.9 Å². The monoisotopic (exact) mass is 497 g/mol. The molecule has 1 aliphatic carbocycles. The number of sulfone groups is 2. The van der Waals surface area contributed by atoms with E-state index in [9.17, 15) is 21.6 Å². The van der Waals surface area contributed by atoms with Crippen LogP contribution in [0.2, 0.25) is 0 Å². The van der Waals surface area contributed by atoms with Gasteiger partial charge in [0.05, 0.1) is 20.3 Å². The molecule has 0 radical (unpaired) electrons. The van der Waals surface area contributed by atoms with Gasteiger partial charge in [-0.3, -0.25) is 4.79 Å². The molecule has 3 rings (SSSR count). The Balaban J connectivity index is 1.61. The molecule has 0 unspecified atom stereocenters. The predicted octanol–water partition coefficient (Wildman–Crippen LogP) is 4.39. The third-order valence-electron chi connectivity index (χ3n) is 5.92. The zero-order chi connectivity index (χ0) is 23.7. The van der Waals surface area contributed by atoms with Gasteiger partial charge < -0.3 is 5.32 Å². The fourth-order valence-electron chi connectivity index (χ4n) is 3.94. The van der Waals surface area contributed by atoms with Crippen molar-refractivity contribution in [1.29, 1.82) is 0 Å². The Hall–Kier alpha value is -1.71. The topological polar surface area (TPSA) is 97.4 Å². The highest BCUT2D eigenvalue weighted by Gasteiger charge is 2.35. The van der Waals surface area contributed by atoms with E-state index in [2.05, 4.69) is 5.32 Å². The number of rotatable bonds is 6. The summed E-state index contributed by atoms with van der Waals surface area (Å²) in [6.45, 7) is 6.73. The molecule has 1 aromatic heterocycles. The fourth-order valence-corrected chi connectivity index (χ4v) is 8.24. The van der Waals surface area contributed by atoms with Crippen molar-refractivity contribution in [2.24, 2.45) is 5.92 Å². The third kappa shape index (κ3) is 5.43. The summed E-state index contributed by atoms with van der Waals surface area (Å²) in [6, 6.07) is 8.37. The molecule has 6 nitrogen and oxygen atoms in total. The molecule has 176 valence electrons. The van der Waals surface area contributed by atoms with Gasteiger partial charge in [-0.1, -0.05) is 12.1 Å². The number of carbonyl (C=O) groups is 1. The number of thiophene rings is 1. The quantitative estimate of drug-likeness (QED) is 0.638. The molecule has 32 heavy (non-hydrogen) atoms. The molecule has 1 fully saturated rings. The predicted molar refractivity (Wildman–Crippen MR) is 128 cm³/mol. The second-order valence-corrected chi connectivity index (χ2v) is 15.1. The molecule has 0 spiro atoms. The van der Waals surface area contributed by atoms with E-state index in [1.165, 1.54) is 6.07 Å². The normalized spacial score (nSPS) is 20.1. The van der Waals surface area contributed by atoms with Crippen molar-refractivity contribution >= 4 is 36.9 Å². The Morgan fingerprint density at radius 3 is 2.31 bits per heavy atom. The molecule has 0 atom stereocenters. The van der Waals surface area contributed by atoms with E-state index in [-0.39, 0.29) is 33.4 Å². The minimum Gasteiger partial charge on any atom is -0.349 e. The summed E-state index contributed by atoms with van der Waals surface area (Å²) in [5, 5.41) is 4.59. The van der Waals surface area contributed by atoms with Gasteiger partial charge in [-0.25, -0.2) is 16.8 Å². The second kappa shape index (κ2) is 9.27. The summed E-state index contributed by atoms with van der Waals surface area (Å²) < 4.78 is 50.1. The zero-order valence-corrected chi connectivity index (χ0v) is 21.4. The molecule has 0 saturated heterocycles. The van der Waals surface area contributed by atoms with Crippen molar-refractivity contribution in [2.75, 3.05) is 5.75 Å². The second-order valence-electron chi connectivity index (χ2n) is 9.52. The largest absolute Gasteiger partial charge is 0.349 e. The van der Waals surface area contributed by atoms with E-state index in [1.54, 1.807) is 44.4 Å². The maximum Gasteiger partial charge on any atom is 0.262 e. The van der Waals surface area contributed by atoms with Gasteiger partial charge in [-0.15, -0.1) is 11.3 Å². The molecule has 9 heteroatoms. The highest BCUT2D eigenvalue weighted by Crippen LogP contribution is 2.32. The van der Waals surface area contributed by atoms with E-state index in [0.29, 0.717) is 30.6 Å². The van der Waals surface area contributed by atoms with Crippen LogP contribution in [0.1, 0.15) is 61.7 Å². The molecule has 0 aliphatic heterocycles. The highest BCUT2D eigenvalue weighted by molar-refractivity contribution is 7.93. The van der Waals surface area contributed by atoms with Crippen LogP contribution in [0.3, 0.4) is 0 Å². The Kier molecular flexibility index (Phi) is 7.22. The fraction of sp³-hybridized carbons (Fsp3) is 0.522. The van der Waals surface area contributed by atoms with Crippen LogP contribution in [-0.4, -0.2) is 39.3 Å². The van der Waals surface area contributed by atoms with Crippen LogP contribution in [0.25, 0.3) is 0 Å². The van der Waals surface area contributed by atoms with Crippen LogP contribution in [0.4, 0.5) is 0 Å². The summed E-state index contributed by atoms with van der Waals surface area (Å²) in [6.07, 6.45) is 2.75. The molecule has 1 aromatic carbocycles. The molecule has 1 saturated carbocycles. The number of carbonyl (C=O) groups excluding carboxylic acids is 1. The first kappa shape index (κ1) is 24.9. The number of aryl methyl sites for hydroxylation is 1. The summed E-state index contributed by atoms with van der Waals surface area (Å²) in [5.41, 5.74) is 0.916. The van der Waals surface area contributed by atoms with Crippen molar-refractivity contribution in [1.82, 2.24) is 5.32 Å². The first-order valence-corrected chi connectivity index (χ1v) is 14.8. The Morgan fingerprint density at radius 1 is 1.06 bits per heavy atom. The number of hydrogen-bond acceptors (Lipinski definition) is 6. The van der Waals surface area contributed by atoms with Gasteiger partial charge in [0.15, 0.2) is 19.7 Å². The van der Waals surface area contributed by atoms with Crippen LogP contribution in [0, 0.1) is 12.8 Å². The maximum absolute atomic E-state index is 12.8. The molecule has 1 amide bonds. The van der Waals surface area contributed by atoms with Crippen molar-refractivity contribution in [3.05, 3.63) is 46.2 Å². The summed E-state index contributed by atoms with van der Waals surface area (Å²) in [4.78, 5) is 13.5. The van der Waals surface area contributed by atoms with Crippen LogP contribution in [0.15, 0.2) is 45.5 Å². The summed E-state index contributed by atoms with van der Waals surface area (Å²) in [7, 11) is -6.97. The van der Waals surface area contributed by atoms with Crippen molar-refractivity contribution in [3.8, 4) is 0 Å². The van der Waals surface area contributed by atoms with Crippen molar-refractivity contribution < 1.29 is 21.6 Å². The average molecular weight is 498 g/mol. The molecule has 1 N–H and O–H groups in total. The van der Waals surface area contributed by atoms with E-state index < -0.39 is 24.4 Å². The van der Waals surface area contributed by atoms with E-state index >= 15 is 0 Å². The molecule has 2 aromatic rings. The minimum absolute atomic E-state index is 0.0484. The molecule has 0 bridgehead atoms. The lowest BCUT2D eigenvalue weighted by atomic mass is 9.87. The Bertz CT molecular complexity index is 1180. The smallest absolute Gasteiger partial charge is 0.262 e. The van der Waals surface area contributed by atoms with Gasteiger partial charge in [-0.05, 0) is 88.4 Å². The number of amides is 1. The van der Waals surface area contributed by atoms with Crippen LogP contribution < -0.4 is 5.32 Å². The van der Waals surface area contributed by atoms with E-state index in [1.807, 2.05) is 13.0 Å². The van der Waals surface area contributed by atoms with Crippen molar-refractivity contribution in [3.63, 3.8) is 0 Å². The first-order chi connectivity index (χ1) is 14.8. The maximum atomic E-state index is 12.8. The number of hydrogen-bond donors (Lipinski definition) is 1. The van der Waals surface area contributed by atoms with Gasteiger partial charge in [0.25, 0.3) is 5.91 Å². The Labute approximate surface area is 195 Å². The van der Waals surface area contributed by atoms with Gasteiger partial charge in [-0.2, -0.15) is 0 Å². The molecular weight excluding hydrogens is 466 g/mol.